The van der Waals surface area contributed by atoms with Crippen molar-refractivity contribution in [3.05, 3.63) is 96.1 Å². The lowest BCUT2D eigenvalue weighted by Gasteiger charge is -2.31. The molecule has 5 rings (SSSR count). The molecule has 0 amide bonds. The molecule has 7 heteroatoms. The van der Waals surface area contributed by atoms with Crippen LogP contribution in [0.3, 0.4) is 0 Å². The molecule has 0 aliphatic heterocycles. The summed E-state index contributed by atoms with van der Waals surface area (Å²) in [5.41, 5.74) is 3.53. The topological polar surface area (TPSA) is 65.1 Å². The summed E-state index contributed by atoms with van der Waals surface area (Å²) in [4.78, 5) is 11.6. The Labute approximate surface area is 230 Å². The third kappa shape index (κ3) is 6.40. The van der Waals surface area contributed by atoms with Crippen molar-refractivity contribution in [1.82, 2.24) is 20.6 Å². The Bertz CT molecular complexity index is 1300. The molecule has 196 valence electrons. The summed E-state index contributed by atoms with van der Waals surface area (Å²) in [6, 6.07) is 30.1. The van der Waals surface area contributed by atoms with Crippen molar-refractivity contribution in [3.8, 4) is 0 Å². The number of benzene rings is 3. The maximum atomic E-state index is 5.71. The van der Waals surface area contributed by atoms with Gasteiger partial charge in [-0.1, -0.05) is 72.8 Å². The fourth-order valence-electron chi connectivity index (χ4n) is 5.26. The van der Waals surface area contributed by atoms with Crippen molar-refractivity contribution >= 4 is 40.0 Å². The Hall–Kier alpha value is -3.71. The van der Waals surface area contributed by atoms with Crippen LogP contribution in [0.1, 0.15) is 42.7 Å². The third-order valence-electron chi connectivity index (χ3n) is 7.27. The van der Waals surface area contributed by atoms with Gasteiger partial charge in [0, 0.05) is 44.0 Å². The zero-order valence-electron chi connectivity index (χ0n) is 22.1. The molecule has 1 aliphatic carbocycles. The number of fused-ring (bicyclic) bond motifs is 1. The first-order valence-corrected chi connectivity index (χ1v) is 13.8. The lowest BCUT2D eigenvalue weighted by Crippen LogP contribution is -2.45. The van der Waals surface area contributed by atoms with E-state index in [1.54, 1.807) is 0 Å². The molecule has 0 unspecified atom stereocenters. The summed E-state index contributed by atoms with van der Waals surface area (Å²) in [7, 11) is 4.04. The van der Waals surface area contributed by atoms with E-state index in [2.05, 4.69) is 82.7 Å². The van der Waals surface area contributed by atoms with Gasteiger partial charge in [-0.05, 0) is 61.2 Å². The highest BCUT2D eigenvalue weighted by Gasteiger charge is 2.23. The zero-order chi connectivity index (χ0) is 26.3. The van der Waals surface area contributed by atoms with Gasteiger partial charge < -0.3 is 20.9 Å². The van der Waals surface area contributed by atoms with Gasteiger partial charge in [0.1, 0.15) is 5.82 Å². The van der Waals surface area contributed by atoms with E-state index in [1.807, 2.05) is 37.2 Å². The van der Waals surface area contributed by atoms with Gasteiger partial charge in [-0.2, -0.15) is 4.98 Å². The number of nitrogens with zero attached hydrogens (tertiary/aromatic N) is 3. The fourth-order valence-corrected chi connectivity index (χ4v) is 5.51. The molecule has 0 atom stereocenters. The minimum atomic E-state index is 0.242. The van der Waals surface area contributed by atoms with Crippen molar-refractivity contribution in [3.63, 3.8) is 0 Å². The summed E-state index contributed by atoms with van der Waals surface area (Å²) in [6.07, 6.45) is 4.19. The van der Waals surface area contributed by atoms with E-state index in [0.717, 1.165) is 54.1 Å². The molecule has 1 fully saturated rings. The minimum Gasteiger partial charge on any atom is -0.362 e. The standard InChI is InChI=1S/C31H36N6S/c1-37(2)29-26-15-9-10-16-28(26)35-30(36-29)33-24-17-19-25(20-18-24)34-31(38)32-21-27(22-11-5-3-6-12-22)23-13-7-4-8-14-23/h3-16,24-25,27H,17-21H2,1-2H3,(H2,32,34,38)(H,33,35,36)/t24-,25+. The Morgan fingerprint density at radius 1 is 0.816 bits per heavy atom. The summed E-state index contributed by atoms with van der Waals surface area (Å²) in [6.45, 7) is 0.754. The predicted octanol–water partition coefficient (Wildman–Crippen LogP) is 5.72. The summed E-state index contributed by atoms with van der Waals surface area (Å²) in [5.74, 6) is 1.88. The molecule has 1 saturated carbocycles. The number of nitrogens with one attached hydrogen (secondary N) is 3. The SMILES string of the molecule is CN(C)c1nc(N[C@H]2CC[C@@H](NC(=S)NCC(c3ccccc3)c3ccccc3)CC2)nc2ccccc12. The number of anilines is 2. The van der Waals surface area contributed by atoms with Gasteiger partial charge >= 0.3 is 0 Å². The maximum Gasteiger partial charge on any atom is 0.225 e. The molecule has 1 aliphatic rings. The van der Waals surface area contributed by atoms with Crippen LogP contribution in [-0.4, -0.2) is 47.8 Å². The van der Waals surface area contributed by atoms with Gasteiger partial charge in [-0.3, -0.25) is 0 Å². The second-order valence-electron chi connectivity index (χ2n) is 10.2. The molecule has 0 bridgehead atoms. The average molecular weight is 525 g/mol. The molecular formula is C31H36N6S. The Balaban J connectivity index is 1.14. The number of rotatable bonds is 8. The van der Waals surface area contributed by atoms with E-state index >= 15 is 0 Å². The first-order valence-electron chi connectivity index (χ1n) is 13.4. The molecular weight excluding hydrogens is 488 g/mol. The van der Waals surface area contributed by atoms with Gasteiger partial charge in [0.15, 0.2) is 5.11 Å². The summed E-state index contributed by atoms with van der Waals surface area (Å²) in [5, 5.41) is 12.4. The molecule has 4 aromatic rings. The van der Waals surface area contributed by atoms with Gasteiger partial charge in [0.25, 0.3) is 0 Å². The van der Waals surface area contributed by atoms with Gasteiger partial charge in [-0.15, -0.1) is 0 Å². The van der Waals surface area contributed by atoms with E-state index < -0.39 is 0 Å². The largest absolute Gasteiger partial charge is 0.362 e. The molecule has 6 nitrogen and oxygen atoms in total. The predicted molar refractivity (Wildman–Crippen MR) is 162 cm³/mol. The normalized spacial score (nSPS) is 17.2. The van der Waals surface area contributed by atoms with E-state index in [0.29, 0.717) is 18.0 Å². The van der Waals surface area contributed by atoms with Crippen LogP contribution in [-0.2, 0) is 0 Å². The van der Waals surface area contributed by atoms with Gasteiger partial charge in [-0.25, -0.2) is 4.98 Å². The third-order valence-corrected chi connectivity index (χ3v) is 7.54. The Kier molecular flexibility index (Phi) is 8.34. The van der Waals surface area contributed by atoms with Crippen LogP contribution in [0.4, 0.5) is 11.8 Å². The van der Waals surface area contributed by atoms with Crippen LogP contribution < -0.4 is 20.9 Å². The molecule has 1 heterocycles. The highest BCUT2D eigenvalue weighted by Crippen LogP contribution is 2.27. The van der Waals surface area contributed by atoms with Gasteiger partial charge in [0.2, 0.25) is 5.95 Å². The number of aromatic nitrogens is 2. The first kappa shape index (κ1) is 25.9. The quantitative estimate of drug-likeness (QED) is 0.255. The highest BCUT2D eigenvalue weighted by molar-refractivity contribution is 7.80. The average Bonchev–Trinajstić information content (AvgIpc) is 2.95. The lowest BCUT2D eigenvalue weighted by atomic mass is 9.91. The summed E-state index contributed by atoms with van der Waals surface area (Å²) >= 11 is 5.71. The molecule has 0 spiro atoms. The second-order valence-corrected chi connectivity index (χ2v) is 10.6. The monoisotopic (exact) mass is 524 g/mol. The number of thiocarbonyl (C=S) groups is 1. The molecule has 0 saturated heterocycles. The van der Waals surface area contributed by atoms with Crippen molar-refractivity contribution in [2.75, 3.05) is 30.9 Å². The fraction of sp³-hybridized carbons (Fsp3) is 0.323. The van der Waals surface area contributed by atoms with Crippen LogP contribution in [0.2, 0.25) is 0 Å². The van der Waals surface area contributed by atoms with Crippen molar-refractivity contribution in [2.24, 2.45) is 0 Å². The van der Waals surface area contributed by atoms with Crippen molar-refractivity contribution in [1.29, 1.82) is 0 Å². The highest BCUT2D eigenvalue weighted by atomic mass is 32.1. The smallest absolute Gasteiger partial charge is 0.225 e. The van der Waals surface area contributed by atoms with Crippen LogP contribution in [0, 0.1) is 0 Å². The first-order chi connectivity index (χ1) is 18.6. The van der Waals surface area contributed by atoms with Crippen LogP contribution in [0.15, 0.2) is 84.9 Å². The van der Waals surface area contributed by atoms with Crippen molar-refractivity contribution < 1.29 is 0 Å². The number of hydrogen-bond donors (Lipinski definition) is 3. The molecule has 38 heavy (non-hydrogen) atoms. The molecule has 0 radical (unpaired) electrons. The van der Waals surface area contributed by atoms with E-state index in [4.69, 9.17) is 22.2 Å². The van der Waals surface area contributed by atoms with E-state index in [-0.39, 0.29) is 5.92 Å². The summed E-state index contributed by atoms with van der Waals surface area (Å²) < 4.78 is 0. The lowest BCUT2D eigenvalue weighted by molar-refractivity contribution is 0.385. The molecule has 3 aromatic carbocycles. The van der Waals surface area contributed by atoms with E-state index in [9.17, 15) is 0 Å². The number of para-hydroxylation sites is 1. The number of hydrogen-bond acceptors (Lipinski definition) is 5. The maximum absolute atomic E-state index is 5.71. The van der Waals surface area contributed by atoms with Crippen LogP contribution in [0.25, 0.3) is 10.9 Å². The van der Waals surface area contributed by atoms with Gasteiger partial charge in [0.05, 0.1) is 5.52 Å². The second kappa shape index (κ2) is 12.2. The van der Waals surface area contributed by atoms with E-state index in [1.165, 1.54) is 11.1 Å². The molecule has 3 N–H and O–H groups in total. The zero-order valence-corrected chi connectivity index (χ0v) is 22.9. The van der Waals surface area contributed by atoms with Crippen molar-refractivity contribution in [2.45, 2.75) is 43.7 Å². The Morgan fingerprint density at radius 2 is 1.39 bits per heavy atom. The minimum absolute atomic E-state index is 0.242. The molecule has 1 aromatic heterocycles. The van der Waals surface area contributed by atoms with Crippen LogP contribution in [0.5, 0.6) is 0 Å². The van der Waals surface area contributed by atoms with Crippen LogP contribution >= 0.6 is 12.2 Å². The Morgan fingerprint density at radius 3 is 2.03 bits per heavy atom.